The minimum atomic E-state index is -4.41. The van der Waals surface area contributed by atoms with Crippen LogP contribution in [0.2, 0.25) is 10.0 Å². The van der Waals surface area contributed by atoms with Crippen molar-refractivity contribution in [2.75, 3.05) is 38.2 Å². The molecule has 4 aromatic rings. The monoisotopic (exact) mass is 741 g/mol. The molecule has 266 valence electrons. The van der Waals surface area contributed by atoms with Gasteiger partial charge in [-0.15, -0.1) is 0 Å². The molecule has 1 atom stereocenters. The van der Waals surface area contributed by atoms with Gasteiger partial charge in [0.15, 0.2) is 11.5 Å². The second kappa shape index (κ2) is 18.0. The molecular weight excluding hydrogens is 701 g/mol. The molecule has 4 rings (SSSR count). The molecule has 50 heavy (non-hydrogen) atoms. The van der Waals surface area contributed by atoms with Gasteiger partial charge in [-0.3, -0.25) is 13.9 Å². The van der Waals surface area contributed by atoms with Crippen molar-refractivity contribution >= 4 is 50.7 Å². The molecule has 0 radical (unpaired) electrons. The van der Waals surface area contributed by atoms with E-state index in [4.69, 9.17) is 37.4 Å². The normalized spacial score (nSPS) is 11.7. The third kappa shape index (κ3) is 9.62. The number of hydrogen-bond donors (Lipinski definition) is 1. The Kier molecular flexibility index (Phi) is 13.8. The van der Waals surface area contributed by atoms with Crippen LogP contribution in [0.15, 0.2) is 95.9 Å². The van der Waals surface area contributed by atoms with Crippen LogP contribution in [0.4, 0.5) is 5.69 Å². The molecule has 13 heteroatoms. The second-order valence-electron chi connectivity index (χ2n) is 11.2. The third-order valence-corrected chi connectivity index (χ3v) is 10.2. The van der Waals surface area contributed by atoms with E-state index in [1.165, 1.54) is 37.3 Å². The van der Waals surface area contributed by atoms with E-state index in [0.717, 1.165) is 9.87 Å². The van der Waals surface area contributed by atoms with E-state index < -0.39 is 28.5 Å². The van der Waals surface area contributed by atoms with Gasteiger partial charge in [-0.1, -0.05) is 66.5 Å². The summed E-state index contributed by atoms with van der Waals surface area (Å²) in [6.45, 7) is 3.82. The summed E-state index contributed by atoms with van der Waals surface area (Å²) >= 11 is 12.8. The van der Waals surface area contributed by atoms with E-state index in [-0.39, 0.29) is 35.2 Å². The summed E-state index contributed by atoms with van der Waals surface area (Å²) in [6, 6.07) is 23.7. The standard InChI is InChI=1S/C37H41Cl2N3O7S/c1-5-20-40-37(44)33(21-26-10-8-7-9-11-26)41(24-27-12-13-28(38)22-32(27)39)36(43)25-42(29-14-16-30(17-15-29)49-6-2)50(45,46)31-18-19-34(47-3)35(23-31)48-4/h7-19,22-23,33H,5-6,20-21,24-25H2,1-4H3,(H,40,44)/t33-/m1/s1. The molecule has 0 fully saturated rings. The van der Waals surface area contributed by atoms with Crippen molar-refractivity contribution in [1.82, 2.24) is 10.2 Å². The van der Waals surface area contributed by atoms with E-state index in [1.807, 2.05) is 44.2 Å². The molecule has 0 saturated heterocycles. The first-order chi connectivity index (χ1) is 24.0. The molecule has 0 saturated carbocycles. The highest BCUT2D eigenvalue weighted by atomic mass is 35.5. The number of nitrogens with zero attached hydrogens (tertiary/aromatic N) is 2. The van der Waals surface area contributed by atoms with Gasteiger partial charge in [0.25, 0.3) is 10.0 Å². The summed E-state index contributed by atoms with van der Waals surface area (Å²) in [5, 5.41) is 3.62. The fourth-order valence-electron chi connectivity index (χ4n) is 5.26. The molecule has 0 unspecified atom stereocenters. The van der Waals surface area contributed by atoms with Crippen molar-refractivity contribution in [3.05, 3.63) is 112 Å². The zero-order valence-electron chi connectivity index (χ0n) is 28.4. The highest BCUT2D eigenvalue weighted by Crippen LogP contribution is 2.33. The number of nitrogens with one attached hydrogen (secondary N) is 1. The topological polar surface area (TPSA) is 114 Å². The lowest BCUT2D eigenvalue weighted by molar-refractivity contribution is -0.140. The quantitative estimate of drug-likeness (QED) is 0.127. The van der Waals surface area contributed by atoms with Crippen molar-refractivity contribution in [3.63, 3.8) is 0 Å². The lowest BCUT2D eigenvalue weighted by Gasteiger charge is -2.34. The summed E-state index contributed by atoms with van der Waals surface area (Å²) < 4.78 is 46.2. The number of amides is 2. The van der Waals surface area contributed by atoms with Crippen LogP contribution in [-0.2, 0) is 32.6 Å². The summed E-state index contributed by atoms with van der Waals surface area (Å²) in [5.41, 5.74) is 1.54. The number of hydrogen-bond acceptors (Lipinski definition) is 7. The zero-order chi connectivity index (χ0) is 36.3. The number of halogens is 2. The Morgan fingerprint density at radius 2 is 1.56 bits per heavy atom. The van der Waals surface area contributed by atoms with Crippen LogP contribution in [0.25, 0.3) is 0 Å². The molecule has 0 heterocycles. The molecular formula is C37H41Cl2N3O7S. The van der Waals surface area contributed by atoms with Crippen molar-refractivity contribution in [2.24, 2.45) is 0 Å². The Balaban J connectivity index is 1.84. The van der Waals surface area contributed by atoms with Crippen LogP contribution in [0, 0.1) is 0 Å². The number of sulfonamides is 1. The number of benzene rings is 4. The first kappa shape index (κ1) is 38.4. The molecule has 0 aliphatic carbocycles. The average Bonchev–Trinajstić information content (AvgIpc) is 3.12. The Morgan fingerprint density at radius 3 is 2.18 bits per heavy atom. The summed E-state index contributed by atoms with van der Waals surface area (Å²) in [7, 11) is -1.56. The van der Waals surface area contributed by atoms with Gasteiger partial charge >= 0.3 is 0 Å². The van der Waals surface area contributed by atoms with E-state index in [0.29, 0.717) is 46.7 Å². The van der Waals surface area contributed by atoms with E-state index in [2.05, 4.69) is 5.32 Å². The van der Waals surface area contributed by atoms with Crippen molar-refractivity contribution in [2.45, 2.75) is 44.2 Å². The molecule has 2 amide bonds. The van der Waals surface area contributed by atoms with Crippen molar-refractivity contribution in [3.8, 4) is 17.2 Å². The lowest BCUT2D eigenvalue weighted by atomic mass is 10.0. The number of anilines is 1. The number of methoxy groups -OCH3 is 2. The van der Waals surface area contributed by atoms with Crippen LogP contribution in [0.3, 0.4) is 0 Å². The van der Waals surface area contributed by atoms with Crippen LogP contribution >= 0.6 is 23.2 Å². The lowest BCUT2D eigenvalue weighted by Crippen LogP contribution is -2.53. The van der Waals surface area contributed by atoms with Gasteiger partial charge in [-0.2, -0.15) is 0 Å². The van der Waals surface area contributed by atoms with Gasteiger partial charge in [0.1, 0.15) is 18.3 Å². The molecule has 1 N–H and O–H groups in total. The maximum absolute atomic E-state index is 14.7. The average molecular weight is 743 g/mol. The Hall–Kier alpha value is -4.45. The molecule has 0 bridgehead atoms. The number of ether oxygens (including phenoxy) is 3. The Morgan fingerprint density at radius 1 is 0.860 bits per heavy atom. The van der Waals surface area contributed by atoms with Crippen LogP contribution in [0.5, 0.6) is 17.2 Å². The van der Waals surface area contributed by atoms with Crippen LogP contribution in [0.1, 0.15) is 31.4 Å². The highest BCUT2D eigenvalue weighted by Gasteiger charge is 2.35. The minimum absolute atomic E-state index is 0.0978. The maximum atomic E-state index is 14.7. The molecule has 4 aromatic carbocycles. The van der Waals surface area contributed by atoms with Gasteiger partial charge in [-0.25, -0.2) is 8.42 Å². The van der Waals surface area contributed by atoms with Crippen LogP contribution in [-0.4, -0.2) is 65.1 Å². The van der Waals surface area contributed by atoms with Gasteiger partial charge in [0.2, 0.25) is 11.8 Å². The van der Waals surface area contributed by atoms with Gasteiger partial charge in [-0.05, 0) is 73.0 Å². The van der Waals surface area contributed by atoms with E-state index in [9.17, 15) is 18.0 Å². The fourth-order valence-corrected chi connectivity index (χ4v) is 7.16. The molecule has 0 spiro atoms. The van der Waals surface area contributed by atoms with Crippen LogP contribution < -0.4 is 23.8 Å². The molecule has 0 aliphatic rings. The predicted molar refractivity (Wildman–Crippen MR) is 196 cm³/mol. The smallest absolute Gasteiger partial charge is 0.264 e. The predicted octanol–water partition coefficient (Wildman–Crippen LogP) is 6.77. The SMILES string of the molecule is CCCNC(=O)[C@@H](Cc1ccccc1)N(Cc1ccc(Cl)cc1Cl)C(=O)CN(c1ccc(OCC)cc1)S(=O)(=O)c1ccc(OC)c(OC)c1. The minimum Gasteiger partial charge on any atom is -0.494 e. The van der Waals surface area contributed by atoms with E-state index in [1.54, 1.807) is 42.5 Å². The van der Waals surface area contributed by atoms with Crippen molar-refractivity contribution < 1.29 is 32.2 Å². The van der Waals surface area contributed by atoms with E-state index >= 15 is 0 Å². The first-order valence-corrected chi connectivity index (χ1v) is 18.2. The Labute approximate surface area is 303 Å². The first-order valence-electron chi connectivity index (χ1n) is 16.0. The maximum Gasteiger partial charge on any atom is 0.264 e. The largest absolute Gasteiger partial charge is 0.494 e. The number of rotatable bonds is 17. The summed E-state index contributed by atoms with van der Waals surface area (Å²) in [5.74, 6) is 0.0377. The number of carbonyl (C=O) groups is 2. The van der Waals surface area contributed by atoms with Crippen molar-refractivity contribution in [1.29, 1.82) is 0 Å². The highest BCUT2D eigenvalue weighted by molar-refractivity contribution is 7.92. The summed E-state index contributed by atoms with van der Waals surface area (Å²) in [4.78, 5) is 29.8. The van der Waals surface area contributed by atoms with Gasteiger partial charge in [0.05, 0.1) is 31.4 Å². The fraction of sp³-hybridized carbons (Fsp3) is 0.297. The molecule has 0 aliphatic heterocycles. The number of carbonyl (C=O) groups excluding carboxylic acids is 2. The molecule has 0 aromatic heterocycles. The molecule has 10 nitrogen and oxygen atoms in total. The second-order valence-corrected chi connectivity index (χ2v) is 13.9. The third-order valence-electron chi connectivity index (χ3n) is 7.83. The summed E-state index contributed by atoms with van der Waals surface area (Å²) in [6.07, 6.45) is 0.842. The Bertz CT molecular complexity index is 1860. The van der Waals surface area contributed by atoms with Gasteiger partial charge in [0, 0.05) is 35.6 Å². The zero-order valence-corrected chi connectivity index (χ0v) is 30.7. The van der Waals surface area contributed by atoms with Gasteiger partial charge < -0.3 is 24.4 Å².